The third-order valence-electron chi connectivity index (χ3n) is 2.91. The third kappa shape index (κ3) is 2.72. The van der Waals surface area contributed by atoms with Crippen molar-refractivity contribution in [3.63, 3.8) is 0 Å². The Bertz CT molecular complexity index is 186. The Balaban J connectivity index is 2.57. The second-order valence-corrected chi connectivity index (χ2v) is 5.29. The van der Waals surface area contributed by atoms with Crippen LogP contribution in [0.2, 0.25) is 0 Å². The van der Waals surface area contributed by atoms with Crippen molar-refractivity contribution in [3.8, 4) is 0 Å². The van der Waals surface area contributed by atoms with E-state index in [0.29, 0.717) is 24.0 Å². The molecule has 0 aromatic rings. The Morgan fingerprint density at radius 1 is 1.54 bits per heavy atom. The Morgan fingerprint density at radius 3 is 2.69 bits per heavy atom. The van der Waals surface area contributed by atoms with Crippen LogP contribution in [0, 0.1) is 11.8 Å². The van der Waals surface area contributed by atoms with Crippen LogP contribution in [0.15, 0.2) is 0 Å². The van der Waals surface area contributed by atoms with Crippen molar-refractivity contribution in [2.24, 2.45) is 11.8 Å². The van der Waals surface area contributed by atoms with Gasteiger partial charge in [0.1, 0.15) is 5.78 Å². The van der Waals surface area contributed by atoms with Gasteiger partial charge in [0.05, 0.1) is 0 Å². The first-order chi connectivity index (χ1) is 6.22. The van der Waals surface area contributed by atoms with Gasteiger partial charge in [0.2, 0.25) is 0 Å². The van der Waals surface area contributed by atoms with Crippen LogP contribution in [0.25, 0.3) is 0 Å². The van der Waals surface area contributed by atoms with Crippen molar-refractivity contribution in [1.82, 2.24) is 4.67 Å². The number of hydrogen-bond donors (Lipinski definition) is 0. The van der Waals surface area contributed by atoms with E-state index in [1.165, 1.54) is 0 Å². The third-order valence-corrected chi connectivity index (χ3v) is 4.74. The van der Waals surface area contributed by atoms with Crippen LogP contribution in [0.1, 0.15) is 26.7 Å². The molecule has 0 bridgehead atoms. The van der Waals surface area contributed by atoms with Gasteiger partial charge < -0.3 is 0 Å². The van der Waals surface area contributed by atoms with Crippen LogP contribution in [0.5, 0.6) is 0 Å². The summed E-state index contributed by atoms with van der Waals surface area (Å²) in [6.45, 7) is 6.28. The second kappa shape index (κ2) is 5.39. The largest absolute Gasteiger partial charge is 0.299 e. The fraction of sp³-hybridized carbons (Fsp3) is 0.889. The SMILES string of the molecule is CCC(=O)C1CN(PP)CC1CC. The van der Waals surface area contributed by atoms with Gasteiger partial charge in [-0.05, 0) is 14.3 Å². The lowest BCUT2D eigenvalue weighted by Gasteiger charge is -2.13. The van der Waals surface area contributed by atoms with Gasteiger partial charge in [-0.3, -0.25) is 9.46 Å². The smallest absolute Gasteiger partial charge is 0.137 e. The maximum absolute atomic E-state index is 11.6. The molecule has 1 aliphatic rings. The Labute approximate surface area is 84.8 Å². The normalized spacial score (nSPS) is 30.4. The quantitative estimate of drug-likeness (QED) is 0.676. The summed E-state index contributed by atoms with van der Waals surface area (Å²) in [5.74, 6) is 1.39. The average molecular weight is 219 g/mol. The maximum Gasteiger partial charge on any atom is 0.137 e. The summed E-state index contributed by atoms with van der Waals surface area (Å²) in [4.78, 5) is 11.6. The van der Waals surface area contributed by atoms with E-state index in [1.807, 2.05) is 6.92 Å². The van der Waals surface area contributed by atoms with E-state index in [9.17, 15) is 4.79 Å². The summed E-state index contributed by atoms with van der Waals surface area (Å²) >= 11 is 0. The summed E-state index contributed by atoms with van der Waals surface area (Å²) in [7, 11) is 3.54. The monoisotopic (exact) mass is 219 g/mol. The lowest BCUT2D eigenvalue weighted by molar-refractivity contribution is -0.123. The topological polar surface area (TPSA) is 20.3 Å². The highest BCUT2D eigenvalue weighted by Crippen LogP contribution is 2.37. The summed E-state index contributed by atoms with van der Waals surface area (Å²) in [6, 6.07) is 0. The molecule has 4 heteroatoms. The molecule has 0 amide bonds. The number of carbonyl (C=O) groups is 1. The van der Waals surface area contributed by atoms with Crippen molar-refractivity contribution in [2.45, 2.75) is 26.7 Å². The molecular weight excluding hydrogens is 200 g/mol. The standard InChI is InChI=1S/C9H19NOP2/c1-3-7-5-10(13-12)6-8(7)9(11)4-2/h7-8,13H,3-6,12H2,1-2H3. The van der Waals surface area contributed by atoms with E-state index in [4.69, 9.17) is 0 Å². The van der Waals surface area contributed by atoms with Crippen molar-refractivity contribution >= 4 is 23.1 Å². The van der Waals surface area contributed by atoms with Crippen LogP contribution in [0.4, 0.5) is 0 Å². The van der Waals surface area contributed by atoms with E-state index in [2.05, 4.69) is 20.5 Å². The van der Waals surface area contributed by atoms with Gasteiger partial charge in [-0.1, -0.05) is 29.2 Å². The molecule has 0 aromatic carbocycles. The first-order valence-electron chi connectivity index (χ1n) is 4.96. The van der Waals surface area contributed by atoms with Gasteiger partial charge >= 0.3 is 0 Å². The van der Waals surface area contributed by atoms with Crippen molar-refractivity contribution in [3.05, 3.63) is 0 Å². The minimum Gasteiger partial charge on any atom is -0.299 e. The van der Waals surface area contributed by atoms with Gasteiger partial charge in [-0.2, -0.15) is 0 Å². The van der Waals surface area contributed by atoms with Crippen molar-refractivity contribution < 1.29 is 4.79 Å². The minimum absolute atomic E-state index is 0.322. The molecule has 1 heterocycles. The van der Waals surface area contributed by atoms with Crippen LogP contribution in [-0.4, -0.2) is 23.5 Å². The summed E-state index contributed by atoms with van der Waals surface area (Å²) in [5.41, 5.74) is 0. The molecule has 2 nitrogen and oxygen atoms in total. The zero-order chi connectivity index (χ0) is 9.84. The molecule has 0 N–H and O–H groups in total. The van der Waals surface area contributed by atoms with Crippen molar-refractivity contribution in [2.75, 3.05) is 13.1 Å². The molecule has 76 valence electrons. The van der Waals surface area contributed by atoms with Gasteiger partial charge in [-0.25, -0.2) is 0 Å². The summed E-state index contributed by atoms with van der Waals surface area (Å²) < 4.78 is 2.39. The highest BCUT2D eigenvalue weighted by molar-refractivity contribution is 8.01. The zero-order valence-electron chi connectivity index (χ0n) is 8.42. The molecule has 1 rings (SSSR count). The molecular formula is C9H19NOP2. The molecule has 0 spiro atoms. The lowest BCUT2D eigenvalue weighted by atomic mass is 9.89. The highest BCUT2D eigenvalue weighted by Gasteiger charge is 2.34. The minimum atomic E-state index is 0.322. The van der Waals surface area contributed by atoms with Gasteiger partial charge in [-0.15, -0.1) is 0 Å². The number of hydrogen-bond acceptors (Lipinski definition) is 2. The zero-order valence-corrected chi connectivity index (χ0v) is 10.6. The van der Waals surface area contributed by atoms with Crippen LogP contribution >= 0.6 is 17.3 Å². The van der Waals surface area contributed by atoms with E-state index < -0.39 is 0 Å². The van der Waals surface area contributed by atoms with E-state index in [1.54, 1.807) is 0 Å². The molecule has 1 aliphatic heterocycles. The van der Waals surface area contributed by atoms with Crippen LogP contribution in [-0.2, 0) is 4.79 Å². The highest BCUT2D eigenvalue weighted by atomic mass is 32.0. The summed E-state index contributed by atoms with van der Waals surface area (Å²) in [5, 5.41) is 0. The van der Waals surface area contributed by atoms with Crippen molar-refractivity contribution in [1.29, 1.82) is 0 Å². The lowest BCUT2D eigenvalue weighted by Crippen LogP contribution is -2.21. The molecule has 1 fully saturated rings. The maximum atomic E-state index is 11.6. The van der Waals surface area contributed by atoms with Gasteiger partial charge in [0, 0.05) is 25.4 Å². The van der Waals surface area contributed by atoms with E-state index >= 15 is 0 Å². The Morgan fingerprint density at radius 2 is 2.23 bits per heavy atom. The average Bonchev–Trinajstić information content (AvgIpc) is 2.59. The predicted octanol–water partition coefficient (Wildman–Crippen LogP) is 2.31. The van der Waals surface area contributed by atoms with Gasteiger partial charge in [0.15, 0.2) is 0 Å². The molecule has 4 unspecified atom stereocenters. The molecule has 0 saturated carbocycles. The molecule has 1 saturated heterocycles. The van der Waals surface area contributed by atoms with E-state index in [0.717, 1.165) is 27.9 Å². The number of nitrogens with zero attached hydrogens (tertiary/aromatic N) is 1. The molecule has 13 heavy (non-hydrogen) atoms. The molecule has 0 aromatic heterocycles. The van der Waals surface area contributed by atoms with E-state index in [-0.39, 0.29) is 0 Å². The number of ketones is 1. The first-order valence-corrected chi connectivity index (χ1v) is 7.72. The predicted molar refractivity (Wildman–Crippen MR) is 62.2 cm³/mol. The number of carbonyl (C=O) groups excluding carboxylic acids is 1. The molecule has 4 atom stereocenters. The second-order valence-electron chi connectivity index (χ2n) is 3.63. The summed E-state index contributed by atoms with van der Waals surface area (Å²) in [6.07, 6.45) is 1.84. The molecule has 0 aliphatic carbocycles. The van der Waals surface area contributed by atoms with Gasteiger partial charge in [0.25, 0.3) is 0 Å². The Hall–Kier alpha value is 0.490. The molecule has 0 radical (unpaired) electrons. The fourth-order valence-corrected chi connectivity index (χ4v) is 3.29. The number of Topliss-reactive ketones (excluding diaryl/α,β-unsaturated/α-hetero) is 1. The Kier molecular flexibility index (Phi) is 4.80. The van der Waals surface area contributed by atoms with Crippen LogP contribution in [0.3, 0.4) is 0 Å². The van der Waals surface area contributed by atoms with Crippen LogP contribution < -0.4 is 0 Å². The number of rotatable bonds is 4. The fourth-order valence-electron chi connectivity index (χ4n) is 2.02. The first kappa shape index (κ1) is 11.6.